The zero-order valence-electron chi connectivity index (χ0n) is 19.3. The highest BCUT2D eigenvalue weighted by atomic mass is 32.1. The number of methoxy groups -OCH3 is 2. The SMILES string of the molecule is CCc1cc2c(cc1OC)C(COc1ccc(OC)cc1)N(C(=S)Nc1ccccc1)CC2. The molecule has 1 aliphatic heterocycles. The Balaban J connectivity index is 1.63. The van der Waals surface area contributed by atoms with E-state index in [9.17, 15) is 0 Å². The average molecular weight is 463 g/mol. The summed E-state index contributed by atoms with van der Waals surface area (Å²) in [4.78, 5) is 2.22. The van der Waals surface area contributed by atoms with E-state index in [1.807, 2.05) is 54.6 Å². The van der Waals surface area contributed by atoms with E-state index in [1.54, 1.807) is 14.2 Å². The largest absolute Gasteiger partial charge is 0.497 e. The highest BCUT2D eigenvalue weighted by molar-refractivity contribution is 7.80. The third kappa shape index (κ3) is 5.22. The van der Waals surface area contributed by atoms with Crippen LogP contribution in [0.25, 0.3) is 0 Å². The summed E-state index contributed by atoms with van der Waals surface area (Å²) in [5.41, 5.74) is 4.72. The van der Waals surface area contributed by atoms with Gasteiger partial charge in [-0.05, 0) is 84.2 Å². The minimum Gasteiger partial charge on any atom is -0.497 e. The number of aryl methyl sites for hydroxylation is 1. The van der Waals surface area contributed by atoms with E-state index in [0.29, 0.717) is 11.7 Å². The van der Waals surface area contributed by atoms with E-state index in [4.69, 9.17) is 26.4 Å². The summed E-state index contributed by atoms with van der Waals surface area (Å²) >= 11 is 5.85. The van der Waals surface area contributed by atoms with Crippen molar-refractivity contribution < 1.29 is 14.2 Å². The molecule has 5 nitrogen and oxygen atoms in total. The molecule has 0 aliphatic carbocycles. The van der Waals surface area contributed by atoms with Crippen molar-refractivity contribution in [2.75, 3.05) is 32.7 Å². The molecule has 1 atom stereocenters. The fourth-order valence-corrected chi connectivity index (χ4v) is 4.57. The van der Waals surface area contributed by atoms with Crippen LogP contribution in [0.3, 0.4) is 0 Å². The summed E-state index contributed by atoms with van der Waals surface area (Å²) in [5, 5.41) is 4.08. The molecule has 0 bridgehead atoms. The third-order valence-corrected chi connectivity index (χ3v) is 6.37. The maximum absolute atomic E-state index is 6.24. The van der Waals surface area contributed by atoms with Crippen molar-refractivity contribution in [3.05, 3.63) is 83.4 Å². The molecule has 6 heteroatoms. The molecule has 0 fully saturated rings. The summed E-state index contributed by atoms with van der Waals surface area (Å²) < 4.78 is 17.2. The Morgan fingerprint density at radius 2 is 1.73 bits per heavy atom. The fraction of sp³-hybridized carbons (Fsp3) is 0.296. The van der Waals surface area contributed by atoms with Gasteiger partial charge in [-0.3, -0.25) is 0 Å². The van der Waals surface area contributed by atoms with Gasteiger partial charge in [0.1, 0.15) is 23.9 Å². The van der Waals surface area contributed by atoms with Crippen molar-refractivity contribution in [1.29, 1.82) is 0 Å². The average Bonchev–Trinajstić information content (AvgIpc) is 2.87. The molecule has 4 rings (SSSR count). The number of nitrogens with zero attached hydrogens (tertiary/aromatic N) is 1. The number of rotatable bonds is 7. The molecule has 1 unspecified atom stereocenters. The second kappa shape index (κ2) is 10.6. The molecule has 0 spiro atoms. The number of anilines is 1. The molecular weight excluding hydrogens is 432 g/mol. The van der Waals surface area contributed by atoms with E-state index in [0.717, 1.165) is 42.3 Å². The number of thiocarbonyl (C=S) groups is 1. The number of para-hydroxylation sites is 1. The van der Waals surface area contributed by atoms with Gasteiger partial charge in [0.05, 0.1) is 20.3 Å². The highest BCUT2D eigenvalue weighted by Crippen LogP contribution is 2.36. The van der Waals surface area contributed by atoms with Crippen LogP contribution in [-0.4, -0.2) is 37.4 Å². The number of hydrogen-bond donors (Lipinski definition) is 1. The summed E-state index contributed by atoms with van der Waals surface area (Å²) in [6.07, 6.45) is 1.85. The van der Waals surface area contributed by atoms with Gasteiger partial charge in [0.2, 0.25) is 0 Å². The van der Waals surface area contributed by atoms with Crippen LogP contribution >= 0.6 is 12.2 Å². The number of fused-ring (bicyclic) bond motifs is 1. The Labute approximate surface area is 201 Å². The Morgan fingerprint density at radius 3 is 2.39 bits per heavy atom. The number of ether oxygens (including phenoxy) is 3. The minimum absolute atomic E-state index is 0.0422. The Bertz CT molecular complexity index is 1090. The van der Waals surface area contributed by atoms with Crippen LogP contribution in [-0.2, 0) is 12.8 Å². The summed E-state index contributed by atoms with van der Waals surface area (Å²) in [5.74, 6) is 2.51. The van der Waals surface area contributed by atoms with Gasteiger partial charge in [-0.1, -0.05) is 31.2 Å². The predicted octanol–water partition coefficient (Wildman–Crippen LogP) is 5.64. The lowest BCUT2D eigenvalue weighted by Gasteiger charge is -2.39. The molecule has 0 saturated carbocycles. The molecule has 1 heterocycles. The van der Waals surface area contributed by atoms with Crippen molar-refractivity contribution in [3.63, 3.8) is 0 Å². The van der Waals surface area contributed by atoms with Gasteiger partial charge in [0, 0.05) is 12.2 Å². The van der Waals surface area contributed by atoms with Gasteiger partial charge in [0.15, 0.2) is 5.11 Å². The second-order valence-electron chi connectivity index (χ2n) is 7.96. The molecule has 33 heavy (non-hydrogen) atoms. The normalized spacial score (nSPS) is 14.9. The van der Waals surface area contributed by atoms with Crippen LogP contribution < -0.4 is 19.5 Å². The number of benzene rings is 3. The van der Waals surface area contributed by atoms with E-state index < -0.39 is 0 Å². The smallest absolute Gasteiger partial charge is 0.174 e. The molecule has 0 radical (unpaired) electrons. The Morgan fingerprint density at radius 1 is 1.00 bits per heavy atom. The van der Waals surface area contributed by atoms with E-state index >= 15 is 0 Å². The van der Waals surface area contributed by atoms with Crippen LogP contribution in [0.1, 0.15) is 29.7 Å². The maximum Gasteiger partial charge on any atom is 0.174 e. The Kier molecular flexibility index (Phi) is 7.35. The summed E-state index contributed by atoms with van der Waals surface area (Å²) in [6.45, 7) is 3.44. The lowest BCUT2D eigenvalue weighted by Crippen LogP contribution is -2.44. The van der Waals surface area contributed by atoms with Crippen LogP contribution in [0.5, 0.6) is 17.2 Å². The van der Waals surface area contributed by atoms with Crippen molar-refractivity contribution in [2.24, 2.45) is 0 Å². The second-order valence-corrected chi connectivity index (χ2v) is 8.35. The quantitative estimate of drug-likeness (QED) is 0.458. The molecule has 1 N–H and O–H groups in total. The third-order valence-electron chi connectivity index (χ3n) is 6.03. The molecule has 172 valence electrons. The van der Waals surface area contributed by atoms with Crippen LogP contribution in [0, 0.1) is 0 Å². The standard InChI is InChI=1S/C27H30N2O3S/c1-4-19-16-20-14-15-29(27(33)28-21-8-6-5-7-9-21)25(24(20)17-26(19)31-3)18-32-23-12-10-22(30-2)11-13-23/h5-13,16-17,25H,4,14-15,18H2,1-3H3,(H,28,33). The molecule has 3 aromatic carbocycles. The molecule has 1 aliphatic rings. The van der Waals surface area contributed by atoms with Crippen molar-refractivity contribution in [1.82, 2.24) is 4.90 Å². The zero-order chi connectivity index (χ0) is 23.2. The topological polar surface area (TPSA) is 43.0 Å². The summed E-state index contributed by atoms with van der Waals surface area (Å²) in [7, 11) is 3.39. The van der Waals surface area contributed by atoms with Crippen molar-refractivity contribution in [3.8, 4) is 17.2 Å². The lowest BCUT2D eigenvalue weighted by molar-refractivity contribution is 0.190. The monoisotopic (exact) mass is 462 g/mol. The fourth-order valence-electron chi connectivity index (χ4n) is 4.24. The first-order valence-electron chi connectivity index (χ1n) is 11.2. The molecule has 3 aromatic rings. The van der Waals surface area contributed by atoms with Gasteiger partial charge in [-0.25, -0.2) is 0 Å². The van der Waals surface area contributed by atoms with Gasteiger partial charge >= 0.3 is 0 Å². The minimum atomic E-state index is -0.0422. The van der Waals surface area contributed by atoms with E-state index in [-0.39, 0.29) is 6.04 Å². The van der Waals surface area contributed by atoms with Gasteiger partial charge in [0.25, 0.3) is 0 Å². The molecule has 0 amide bonds. The van der Waals surface area contributed by atoms with Crippen molar-refractivity contribution in [2.45, 2.75) is 25.8 Å². The summed E-state index contributed by atoms with van der Waals surface area (Å²) in [6, 6.07) is 22.1. The lowest BCUT2D eigenvalue weighted by atomic mass is 9.90. The van der Waals surface area contributed by atoms with Gasteiger partial charge in [-0.2, -0.15) is 0 Å². The number of hydrogen-bond acceptors (Lipinski definition) is 4. The van der Waals surface area contributed by atoms with Gasteiger partial charge < -0.3 is 24.4 Å². The Hall–Kier alpha value is -3.25. The molecular formula is C27H30N2O3S. The highest BCUT2D eigenvalue weighted by Gasteiger charge is 2.31. The number of nitrogens with one attached hydrogen (secondary N) is 1. The first-order valence-corrected chi connectivity index (χ1v) is 11.6. The van der Waals surface area contributed by atoms with Crippen LogP contribution in [0.15, 0.2) is 66.7 Å². The predicted molar refractivity (Wildman–Crippen MR) is 137 cm³/mol. The van der Waals surface area contributed by atoms with Gasteiger partial charge in [-0.15, -0.1) is 0 Å². The molecule has 0 saturated heterocycles. The van der Waals surface area contributed by atoms with E-state index in [2.05, 4.69) is 29.3 Å². The zero-order valence-corrected chi connectivity index (χ0v) is 20.2. The van der Waals surface area contributed by atoms with Crippen molar-refractivity contribution >= 4 is 23.0 Å². The first-order chi connectivity index (χ1) is 16.1. The van der Waals surface area contributed by atoms with Crippen LogP contribution in [0.2, 0.25) is 0 Å². The van der Waals surface area contributed by atoms with Crippen LogP contribution in [0.4, 0.5) is 5.69 Å². The maximum atomic E-state index is 6.24. The van der Waals surface area contributed by atoms with E-state index in [1.165, 1.54) is 16.7 Å². The first kappa shape index (κ1) is 22.9. The molecule has 0 aromatic heterocycles.